The predicted octanol–water partition coefficient (Wildman–Crippen LogP) is 1.99. The highest BCUT2D eigenvalue weighted by Gasteiger charge is 2.27. The molecular weight excluding hydrogens is 245 g/mol. The highest BCUT2D eigenvalue weighted by molar-refractivity contribution is 6.33. The number of carbonyl (C=O) groups excluding carboxylic acids is 1. The molecule has 0 radical (unpaired) electrons. The number of β-amino-alcohol motifs (C(OH)–C–C–N with tert-alkyl or cyclic N) is 1. The third kappa shape index (κ3) is 2.42. The summed E-state index contributed by atoms with van der Waals surface area (Å²) in [6.45, 7) is 2.35. The van der Waals surface area contributed by atoms with E-state index in [0.29, 0.717) is 18.5 Å². The maximum Gasteiger partial charge on any atom is 0.255 e. The van der Waals surface area contributed by atoms with Gasteiger partial charge in [0, 0.05) is 13.1 Å². The van der Waals surface area contributed by atoms with Crippen molar-refractivity contribution in [1.82, 2.24) is 4.90 Å². The SMILES string of the molecule is Cc1cc(Cl)c(C(=O)N2CCC(O)C2)cc1F. The lowest BCUT2D eigenvalue weighted by atomic mass is 10.1. The molecule has 17 heavy (non-hydrogen) atoms. The fourth-order valence-corrected chi connectivity index (χ4v) is 2.21. The second-order valence-electron chi connectivity index (χ2n) is 4.27. The summed E-state index contributed by atoms with van der Waals surface area (Å²) in [5, 5.41) is 9.61. The molecule has 0 bridgehead atoms. The molecular formula is C12H13ClFNO2. The van der Waals surface area contributed by atoms with Crippen molar-refractivity contribution in [3.8, 4) is 0 Å². The quantitative estimate of drug-likeness (QED) is 0.836. The van der Waals surface area contributed by atoms with Gasteiger partial charge in [-0.2, -0.15) is 0 Å². The van der Waals surface area contributed by atoms with E-state index >= 15 is 0 Å². The van der Waals surface area contributed by atoms with Gasteiger partial charge in [0.25, 0.3) is 5.91 Å². The molecule has 1 aliphatic heterocycles. The topological polar surface area (TPSA) is 40.5 Å². The van der Waals surface area contributed by atoms with Crippen LogP contribution in [-0.4, -0.2) is 35.1 Å². The van der Waals surface area contributed by atoms with E-state index in [2.05, 4.69) is 0 Å². The predicted molar refractivity (Wildman–Crippen MR) is 62.7 cm³/mol. The Balaban J connectivity index is 2.28. The Bertz CT molecular complexity index is 464. The molecule has 5 heteroatoms. The van der Waals surface area contributed by atoms with E-state index in [-0.39, 0.29) is 23.0 Å². The number of hydrogen-bond acceptors (Lipinski definition) is 2. The number of amides is 1. The molecule has 1 N–H and O–H groups in total. The summed E-state index contributed by atoms with van der Waals surface area (Å²) in [5.74, 6) is -0.775. The smallest absolute Gasteiger partial charge is 0.255 e. The van der Waals surface area contributed by atoms with Crippen molar-refractivity contribution in [1.29, 1.82) is 0 Å². The molecule has 0 saturated carbocycles. The van der Waals surface area contributed by atoms with Gasteiger partial charge < -0.3 is 10.0 Å². The van der Waals surface area contributed by atoms with Crippen LogP contribution in [0.1, 0.15) is 22.3 Å². The molecule has 0 spiro atoms. The maximum atomic E-state index is 13.4. The van der Waals surface area contributed by atoms with Gasteiger partial charge in [-0.05, 0) is 31.0 Å². The number of benzene rings is 1. The number of hydrogen-bond donors (Lipinski definition) is 1. The Morgan fingerprint density at radius 2 is 2.29 bits per heavy atom. The van der Waals surface area contributed by atoms with Crippen molar-refractivity contribution in [3.05, 3.63) is 34.1 Å². The molecule has 2 rings (SSSR count). The van der Waals surface area contributed by atoms with E-state index in [1.807, 2.05) is 0 Å². The highest BCUT2D eigenvalue weighted by Crippen LogP contribution is 2.23. The lowest BCUT2D eigenvalue weighted by Gasteiger charge is -2.16. The Morgan fingerprint density at radius 3 is 2.88 bits per heavy atom. The van der Waals surface area contributed by atoms with Gasteiger partial charge >= 0.3 is 0 Å². The van der Waals surface area contributed by atoms with Crippen LogP contribution in [0.15, 0.2) is 12.1 Å². The average Bonchev–Trinajstić information content (AvgIpc) is 2.69. The highest BCUT2D eigenvalue weighted by atomic mass is 35.5. The van der Waals surface area contributed by atoms with Crippen LogP contribution >= 0.6 is 11.6 Å². The van der Waals surface area contributed by atoms with Crippen molar-refractivity contribution in [2.24, 2.45) is 0 Å². The fraction of sp³-hybridized carbons (Fsp3) is 0.417. The summed E-state index contributed by atoms with van der Waals surface area (Å²) < 4.78 is 13.4. The second-order valence-corrected chi connectivity index (χ2v) is 4.68. The van der Waals surface area contributed by atoms with Crippen LogP contribution in [0, 0.1) is 12.7 Å². The molecule has 1 heterocycles. The first-order valence-electron chi connectivity index (χ1n) is 5.42. The number of nitrogens with zero attached hydrogens (tertiary/aromatic N) is 1. The number of rotatable bonds is 1. The number of carbonyl (C=O) groups is 1. The Hall–Kier alpha value is -1.13. The standard InChI is InChI=1S/C12H13ClFNO2/c1-7-4-10(13)9(5-11(7)14)12(17)15-3-2-8(16)6-15/h4-5,8,16H,2-3,6H2,1H3. The van der Waals surface area contributed by atoms with Crippen LogP contribution < -0.4 is 0 Å². The molecule has 0 aliphatic carbocycles. The molecule has 3 nitrogen and oxygen atoms in total. The monoisotopic (exact) mass is 257 g/mol. The summed E-state index contributed by atoms with van der Waals surface area (Å²) in [6.07, 6.45) is 0.0607. The third-order valence-corrected chi connectivity index (χ3v) is 3.24. The summed E-state index contributed by atoms with van der Waals surface area (Å²) in [7, 11) is 0. The first-order valence-corrected chi connectivity index (χ1v) is 5.80. The lowest BCUT2D eigenvalue weighted by Crippen LogP contribution is -2.29. The lowest BCUT2D eigenvalue weighted by molar-refractivity contribution is 0.0764. The van der Waals surface area contributed by atoms with Crippen molar-refractivity contribution >= 4 is 17.5 Å². The molecule has 1 aromatic rings. The summed E-state index contributed by atoms with van der Waals surface area (Å²) >= 11 is 5.93. The Labute approximate surface area is 104 Å². The second kappa shape index (κ2) is 4.63. The van der Waals surface area contributed by atoms with Gasteiger partial charge in [-0.1, -0.05) is 11.6 Å². The molecule has 1 aromatic carbocycles. The molecule has 1 saturated heterocycles. The largest absolute Gasteiger partial charge is 0.391 e. The number of likely N-dealkylation sites (tertiary alicyclic amines) is 1. The average molecular weight is 258 g/mol. The van der Waals surface area contributed by atoms with Crippen LogP contribution in [0.5, 0.6) is 0 Å². The van der Waals surface area contributed by atoms with Crippen LogP contribution in [0.3, 0.4) is 0 Å². The number of aliphatic hydroxyl groups excluding tert-OH is 1. The summed E-state index contributed by atoms with van der Waals surface area (Å²) in [4.78, 5) is 13.5. The van der Waals surface area contributed by atoms with E-state index < -0.39 is 11.9 Å². The van der Waals surface area contributed by atoms with E-state index in [1.165, 1.54) is 11.0 Å². The molecule has 1 aliphatic rings. The zero-order valence-electron chi connectivity index (χ0n) is 9.41. The minimum absolute atomic E-state index is 0.156. The van der Waals surface area contributed by atoms with Gasteiger partial charge in [-0.3, -0.25) is 4.79 Å². The van der Waals surface area contributed by atoms with Gasteiger partial charge in [0.2, 0.25) is 0 Å². The van der Waals surface area contributed by atoms with Crippen molar-refractivity contribution < 1.29 is 14.3 Å². The Kier molecular flexibility index (Phi) is 3.35. The van der Waals surface area contributed by atoms with Gasteiger partial charge in [0.15, 0.2) is 0 Å². The fourth-order valence-electron chi connectivity index (χ4n) is 1.91. The zero-order valence-corrected chi connectivity index (χ0v) is 10.2. The summed E-state index contributed by atoms with van der Waals surface area (Å²) in [5.41, 5.74) is 0.567. The maximum absolute atomic E-state index is 13.4. The Morgan fingerprint density at radius 1 is 1.59 bits per heavy atom. The minimum atomic E-state index is -0.493. The van der Waals surface area contributed by atoms with E-state index in [4.69, 9.17) is 11.6 Å². The van der Waals surface area contributed by atoms with Crippen molar-refractivity contribution in [2.75, 3.05) is 13.1 Å². The van der Waals surface area contributed by atoms with Crippen LogP contribution in [0.4, 0.5) is 4.39 Å². The molecule has 0 aromatic heterocycles. The van der Waals surface area contributed by atoms with Crippen LogP contribution in [-0.2, 0) is 0 Å². The first-order chi connectivity index (χ1) is 7.99. The van der Waals surface area contributed by atoms with Crippen LogP contribution in [0.25, 0.3) is 0 Å². The zero-order chi connectivity index (χ0) is 12.6. The minimum Gasteiger partial charge on any atom is -0.391 e. The van der Waals surface area contributed by atoms with Crippen molar-refractivity contribution in [3.63, 3.8) is 0 Å². The first kappa shape index (κ1) is 12.3. The molecule has 92 valence electrons. The van der Waals surface area contributed by atoms with E-state index in [1.54, 1.807) is 6.92 Å². The number of halogens is 2. The van der Waals surface area contributed by atoms with Gasteiger partial charge in [-0.25, -0.2) is 4.39 Å². The van der Waals surface area contributed by atoms with Crippen LogP contribution in [0.2, 0.25) is 5.02 Å². The molecule has 1 fully saturated rings. The number of aryl methyl sites for hydroxylation is 1. The van der Waals surface area contributed by atoms with E-state index in [9.17, 15) is 14.3 Å². The summed E-state index contributed by atoms with van der Waals surface area (Å²) in [6, 6.07) is 2.60. The van der Waals surface area contributed by atoms with Gasteiger partial charge in [0.1, 0.15) is 5.82 Å². The molecule has 1 amide bonds. The molecule has 1 atom stereocenters. The van der Waals surface area contributed by atoms with Crippen molar-refractivity contribution in [2.45, 2.75) is 19.4 Å². The normalized spacial score (nSPS) is 19.8. The van der Waals surface area contributed by atoms with Gasteiger partial charge in [-0.15, -0.1) is 0 Å². The molecule has 1 unspecified atom stereocenters. The van der Waals surface area contributed by atoms with E-state index in [0.717, 1.165) is 6.07 Å². The number of aliphatic hydroxyl groups is 1. The van der Waals surface area contributed by atoms with Gasteiger partial charge in [0.05, 0.1) is 16.7 Å². The third-order valence-electron chi connectivity index (χ3n) is 2.93.